The molecule has 0 aliphatic rings. The zero-order valence-electron chi connectivity index (χ0n) is 5.33. The number of alkyl halides is 1. The highest BCUT2D eigenvalue weighted by molar-refractivity contribution is 9.10. The minimum Gasteiger partial charge on any atom is -0.350 e. The van der Waals surface area contributed by atoms with E-state index >= 15 is 0 Å². The standard InChI is InChI=1S/C6H5BrClNO2/c7-5-1-4(2-9-3-5)6(8,10)11/h1-3,10-11H. The Kier molecular flexibility index (Phi) is 2.49. The number of aromatic nitrogens is 1. The Hall–Kier alpha value is -0.160. The Bertz CT molecular complexity index is 261. The minimum absolute atomic E-state index is 0.133. The monoisotopic (exact) mass is 237 g/mol. The van der Waals surface area contributed by atoms with Gasteiger partial charge < -0.3 is 10.2 Å². The van der Waals surface area contributed by atoms with E-state index in [1.807, 2.05) is 0 Å². The van der Waals surface area contributed by atoms with Crippen LogP contribution in [-0.2, 0) is 5.25 Å². The summed E-state index contributed by atoms with van der Waals surface area (Å²) in [6, 6.07) is 1.47. The van der Waals surface area contributed by atoms with Gasteiger partial charge in [0.1, 0.15) is 0 Å². The molecule has 0 amide bonds. The van der Waals surface area contributed by atoms with Gasteiger partial charge in [-0.1, -0.05) is 11.6 Å². The molecule has 60 valence electrons. The van der Waals surface area contributed by atoms with Gasteiger partial charge in [0, 0.05) is 22.4 Å². The van der Waals surface area contributed by atoms with E-state index in [-0.39, 0.29) is 5.56 Å². The van der Waals surface area contributed by atoms with Crippen molar-refractivity contribution >= 4 is 27.5 Å². The SMILES string of the molecule is OC(O)(Cl)c1cncc(Br)c1. The zero-order valence-corrected chi connectivity index (χ0v) is 7.67. The van der Waals surface area contributed by atoms with Crippen LogP contribution in [0.25, 0.3) is 0 Å². The number of halogens is 2. The Morgan fingerprint density at radius 2 is 2.09 bits per heavy atom. The second-order valence-corrected chi connectivity index (χ2v) is 3.42. The van der Waals surface area contributed by atoms with Crippen molar-refractivity contribution in [3.8, 4) is 0 Å². The molecular weight excluding hydrogens is 233 g/mol. The first-order valence-electron chi connectivity index (χ1n) is 2.75. The third kappa shape index (κ3) is 2.41. The quantitative estimate of drug-likeness (QED) is 0.570. The van der Waals surface area contributed by atoms with Crippen molar-refractivity contribution in [2.75, 3.05) is 0 Å². The van der Waals surface area contributed by atoms with E-state index in [1.54, 1.807) is 0 Å². The van der Waals surface area contributed by atoms with Crippen LogP contribution in [0.1, 0.15) is 5.56 Å². The lowest BCUT2D eigenvalue weighted by Crippen LogP contribution is -2.16. The summed E-state index contributed by atoms with van der Waals surface area (Å²) < 4.78 is 0.642. The molecule has 0 saturated heterocycles. The number of hydrogen-bond donors (Lipinski definition) is 2. The Labute approximate surface area is 76.8 Å². The van der Waals surface area contributed by atoms with Gasteiger partial charge in [-0.25, -0.2) is 0 Å². The third-order valence-electron chi connectivity index (χ3n) is 1.07. The smallest absolute Gasteiger partial charge is 0.272 e. The summed E-state index contributed by atoms with van der Waals surface area (Å²) in [6.45, 7) is 0. The molecule has 0 atom stereocenters. The van der Waals surface area contributed by atoms with Crippen molar-refractivity contribution in [1.29, 1.82) is 0 Å². The number of pyridine rings is 1. The van der Waals surface area contributed by atoms with Gasteiger partial charge in [0.05, 0.1) is 0 Å². The normalized spacial score (nSPS) is 11.6. The summed E-state index contributed by atoms with van der Waals surface area (Å²) in [4.78, 5) is 3.70. The van der Waals surface area contributed by atoms with Crippen LogP contribution in [0, 0.1) is 0 Å². The predicted molar refractivity (Wildman–Crippen MR) is 43.9 cm³/mol. The minimum atomic E-state index is -2.34. The molecule has 0 aliphatic carbocycles. The Balaban J connectivity index is 3.06. The molecule has 0 spiro atoms. The van der Waals surface area contributed by atoms with Crippen LogP contribution >= 0.6 is 27.5 Å². The molecule has 3 nitrogen and oxygen atoms in total. The van der Waals surface area contributed by atoms with Crippen LogP contribution in [0.5, 0.6) is 0 Å². The maximum Gasteiger partial charge on any atom is 0.272 e. The van der Waals surface area contributed by atoms with Crippen LogP contribution in [-0.4, -0.2) is 15.2 Å². The van der Waals surface area contributed by atoms with E-state index in [2.05, 4.69) is 20.9 Å². The van der Waals surface area contributed by atoms with Crippen molar-refractivity contribution in [2.24, 2.45) is 0 Å². The molecule has 1 aromatic heterocycles. The number of hydrogen-bond acceptors (Lipinski definition) is 3. The predicted octanol–water partition coefficient (Wildman–Crippen LogP) is 1.18. The summed E-state index contributed by atoms with van der Waals surface area (Å²) in [5, 5.41) is 15.4. The number of aliphatic hydroxyl groups is 2. The maximum atomic E-state index is 8.87. The summed E-state index contributed by atoms with van der Waals surface area (Å²) in [6.07, 6.45) is 2.80. The van der Waals surface area contributed by atoms with Gasteiger partial charge in [-0.05, 0) is 22.0 Å². The first kappa shape index (κ1) is 8.93. The van der Waals surface area contributed by atoms with Crippen molar-refractivity contribution in [2.45, 2.75) is 5.25 Å². The molecule has 1 rings (SSSR count). The molecule has 0 bridgehead atoms. The second-order valence-electron chi connectivity index (χ2n) is 1.98. The van der Waals surface area contributed by atoms with Gasteiger partial charge in [0.2, 0.25) is 0 Å². The first-order valence-corrected chi connectivity index (χ1v) is 3.92. The van der Waals surface area contributed by atoms with E-state index in [4.69, 9.17) is 21.8 Å². The zero-order chi connectivity index (χ0) is 8.48. The van der Waals surface area contributed by atoms with E-state index in [0.717, 1.165) is 0 Å². The van der Waals surface area contributed by atoms with Gasteiger partial charge >= 0.3 is 0 Å². The number of rotatable bonds is 1. The van der Waals surface area contributed by atoms with Gasteiger partial charge in [0.25, 0.3) is 5.25 Å². The average molecular weight is 238 g/mol. The Morgan fingerprint density at radius 1 is 1.45 bits per heavy atom. The highest BCUT2D eigenvalue weighted by Crippen LogP contribution is 2.23. The fourth-order valence-corrected chi connectivity index (χ4v) is 1.05. The maximum absolute atomic E-state index is 8.87. The molecule has 0 aromatic carbocycles. The summed E-state index contributed by atoms with van der Waals surface area (Å²) in [7, 11) is 0. The highest BCUT2D eigenvalue weighted by atomic mass is 79.9. The van der Waals surface area contributed by atoms with E-state index in [1.165, 1.54) is 18.5 Å². The molecule has 0 fully saturated rings. The van der Waals surface area contributed by atoms with Crippen LogP contribution in [0.2, 0.25) is 0 Å². The lowest BCUT2D eigenvalue weighted by Gasteiger charge is -2.12. The topological polar surface area (TPSA) is 53.4 Å². The van der Waals surface area contributed by atoms with Gasteiger partial charge in [-0.2, -0.15) is 0 Å². The third-order valence-corrected chi connectivity index (χ3v) is 1.72. The molecule has 0 unspecified atom stereocenters. The van der Waals surface area contributed by atoms with E-state index < -0.39 is 5.25 Å². The fraction of sp³-hybridized carbons (Fsp3) is 0.167. The lowest BCUT2D eigenvalue weighted by molar-refractivity contribution is -0.0904. The summed E-state index contributed by atoms with van der Waals surface area (Å²) >= 11 is 8.29. The molecule has 0 aliphatic heterocycles. The van der Waals surface area contributed by atoms with E-state index in [0.29, 0.717) is 4.47 Å². The highest BCUT2D eigenvalue weighted by Gasteiger charge is 2.22. The molecule has 11 heavy (non-hydrogen) atoms. The fourth-order valence-electron chi connectivity index (χ4n) is 0.586. The van der Waals surface area contributed by atoms with Gasteiger partial charge in [-0.15, -0.1) is 0 Å². The van der Waals surface area contributed by atoms with Crippen LogP contribution in [0.4, 0.5) is 0 Å². The average Bonchev–Trinajstić information content (AvgIpc) is 1.86. The molecule has 1 heterocycles. The van der Waals surface area contributed by atoms with Crippen molar-refractivity contribution < 1.29 is 10.2 Å². The molecule has 0 radical (unpaired) electrons. The Morgan fingerprint density at radius 3 is 2.45 bits per heavy atom. The number of nitrogens with zero attached hydrogens (tertiary/aromatic N) is 1. The summed E-state index contributed by atoms with van der Waals surface area (Å²) in [5.74, 6) is 0. The molecule has 1 aromatic rings. The molecular formula is C6H5BrClNO2. The lowest BCUT2D eigenvalue weighted by atomic mass is 10.3. The van der Waals surface area contributed by atoms with Gasteiger partial charge in [-0.3, -0.25) is 4.98 Å². The van der Waals surface area contributed by atoms with Crippen molar-refractivity contribution in [3.63, 3.8) is 0 Å². The van der Waals surface area contributed by atoms with Gasteiger partial charge in [0.15, 0.2) is 0 Å². The van der Waals surface area contributed by atoms with E-state index in [9.17, 15) is 0 Å². The van der Waals surface area contributed by atoms with Crippen LogP contribution in [0.3, 0.4) is 0 Å². The largest absolute Gasteiger partial charge is 0.350 e. The van der Waals surface area contributed by atoms with Crippen LogP contribution < -0.4 is 0 Å². The second kappa shape index (κ2) is 3.06. The van der Waals surface area contributed by atoms with Crippen LogP contribution in [0.15, 0.2) is 22.9 Å². The van der Waals surface area contributed by atoms with Crippen molar-refractivity contribution in [3.05, 3.63) is 28.5 Å². The molecule has 5 heteroatoms. The molecule has 0 saturated carbocycles. The summed E-state index contributed by atoms with van der Waals surface area (Å²) in [5.41, 5.74) is 0.133. The first-order chi connectivity index (χ1) is 5.00. The van der Waals surface area contributed by atoms with Crippen molar-refractivity contribution in [1.82, 2.24) is 4.98 Å². The molecule has 2 N–H and O–H groups in total.